The van der Waals surface area contributed by atoms with Crippen LogP contribution in [0.1, 0.15) is 12.5 Å². The quantitative estimate of drug-likeness (QED) is 0.815. The molecule has 0 radical (unpaired) electrons. The molecule has 3 nitrogen and oxygen atoms in total. The number of hydrogen-bond donors (Lipinski definition) is 1. The van der Waals surface area contributed by atoms with E-state index in [1.165, 1.54) is 16.8 Å². The summed E-state index contributed by atoms with van der Waals surface area (Å²) in [7, 11) is 0. The molecule has 0 aliphatic carbocycles. The molecule has 1 aromatic rings. The maximum absolute atomic E-state index is 4.57. The van der Waals surface area contributed by atoms with E-state index >= 15 is 0 Å². The van der Waals surface area contributed by atoms with E-state index in [-0.39, 0.29) is 0 Å². The van der Waals surface area contributed by atoms with E-state index in [1.54, 1.807) is 0 Å². The van der Waals surface area contributed by atoms with Gasteiger partial charge in [-0.3, -0.25) is 0 Å². The summed E-state index contributed by atoms with van der Waals surface area (Å²) >= 11 is 0. The van der Waals surface area contributed by atoms with Crippen molar-refractivity contribution in [3.05, 3.63) is 53.4 Å². The first-order valence-electron chi connectivity index (χ1n) is 6.19. The predicted octanol–water partition coefficient (Wildman–Crippen LogP) is 2.60. The summed E-state index contributed by atoms with van der Waals surface area (Å²) in [4.78, 5) is 6.90. The minimum absolute atomic E-state index is 0.871. The molecule has 3 heteroatoms. The predicted molar refractivity (Wildman–Crippen MR) is 75.8 cm³/mol. The summed E-state index contributed by atoms with van der Waals surface area (Å²) in [6.45, 7) is 9.92. The number of nitrogens with one attached hydrogen (secondary N) is 1. The Kier molecular flexibility index (Phi) is 2.47. The summed E-state index contributed by atoms with van der Waals surface area (Å²) < 4.78 is 0. The van der Waals surface area contributed by atoms with Gasteiger partial charge >= 0.3 is 0 Å². The highest BCUT2D eigenvalue weighted by Crippen LogP contribution is 2.29. The third kappa shape index (κ3) is 1.82. The zero-order valence-corrected chi connectivity index (χ0v) is 10.8. The number of benzene rings is 1. The van der Waals surface area contributed by atoms with E-state index in [0.29, 0.717) is 0 Å². The van der Waals surface area contributed by atoms with Crippen molar-refractivity contribution < 1.29 is 0 Å². The van der Waals surface area contributed by atoms with E-state index in [9.17, 15) is 0 Å². The van der Waals surface area contributed by atoms with Crippen LogP contribution < -0.4 is 10.2 Å². The van der Waals surface area contributed by atoms with Crippen LogP contribution in [0.4, 0.5) is 5.69 Å². The van der Waals surface area contributed by atoms with E-state index in [2.05, 4.69) is 53.0 Å². The fourth-order valence-electron chi connectivity index (χ4n) is 2.45. The van der Waals surface area contributed by atoms with E-state index in [4.69, 9.17) is 0 Å². The molecule has 0 saturated carbocycles. The Morgan fingerprint density at radius 1 is 1.17 bits per heavy atom. The molecule has 18 heavy (non-hydrogen) atoms. The molecule has 2 heterocycles. The van der Waals surface area contributed by atoms with Crippen LogP contribution in [0, 0.1) is 6.92 Å². The van der Waals surface area contributed by atoms with E-state index in [1.807, 2.05) is 6.92 Å². The lowest BCUT2D eigenvalue weighted by molar-refractivity contribution is 0.972. The molecule has 0 aromatic heterocycles. The molecule has 0 atom stereocenters. The first-order chi connectivity index (χ1) is 8.63. The first kappa shape index (κ1) is 11.1. The SMILES string of the molecule is C=C1NC(C)=NC2=C1CN(c1ccc(C)cc1)C2. The lowest BCUT2D eigenvalue weighted by atomic mass is 10.1. The van der Waals surface area contributed by atoms with Gasteiger partial charge in [-0.25, -0.2) is 4.99 Å². The van der Waals surface area contributed by atoms with E-state index in [0.717, 1.165) is 30.3 Å². The molecule has 0 amide bonds. The van der Waals surface area contributed by atoms with Gasteiger partial charge in [-0.2, -0.15) is 0 Å². The molecular formula is C15H17N3. The topological polar surface area (TPSA) is 27.6 Å². The van der Waals surface area contributed by atoms with Gasteiger partial charge in [-0.05, 0) is 26.0 Å². The molecule has 0 unspecified atom stereocenters. The lowest BCUT2D eigenvalue weighted by Gasteiger charge is -2.18. The van der Waals surface area contributed by atoms with Crippen molar-refractivity contribution in [1.29, 1.82) is 0 Å². The van der Waals surface area contributed by atoms with Crippen molar-refractivity contribution in [1.82, 2.24) is 5.32 Å². The van der Waals surface area contributed by atoms with Crippen LogP contribution in [-0.4, -0.2) is 18.9 Å². The highest BCUT2D eigenvalue weighted by Gasteiger charge is 2.26. The van der Waals surface area contributed by atoms with E-state index < -0.39 is 0 Å². The maximum atomic E-state index is 4.57. The number of nitrogens with zero attached hydrogens (tertiary/aromatic N) is 2. The average Bonchev–Trinajstić information content (AvgIpc) is 2.74. The van der Waals surface area contributed by atoms with Crippen LogP contribution in [0.5, 0.6) is 0 Å². The van der Waals surface area contributed by atoms with Crippen LogP contribution in [0.15, 0.2) is 52.8 Å². The van der Waals surface area contributed by atoms with Gasteiger partial charge < -0.3 is 10.2 Å². The van der Waals surface area contributed by atoms with Crippen LogP contribution >= 0.6 is 0 Å². The van der Waals surface area contributed by atoms with Crippen LogP contribution in [0.3, 0.4) is 0 Å². The highest BCUT2D eigenvalue weighted by atomic mass is 15.2. The second-order valence-corrected chi connectivity index (χ2v) is 4.92. The van der Waals surface area contributed by atoms with Crippen molar-refractivity contribution >= 4 is 11.5 Å². The van der Waals surface area contributed by atoms with Crippen LogP contribution in [0.25, 0.3) is 0 Å². The molecule has 0 spiro atoms. The van der Waals surface area contributed by atoms with Gasteiger partial charge in [-0.1, -0.05) is 24.3 Å². The largest absolute Gasteiger partial charge is 0.361 e. The third-order valence-electron chi connectivity index (χ3n) is 3.44. The molecule has 92 valence electrons. The number of amidine groups is 1. The van der Waals surface area contributed by atoms with Crippen molar-refractivity contribution in [2.24, 2.45) is 4.99 Å². The van der Waals surface area contributed by atoms with Gasteiger partial charge in [-0.15, -0.1) is 0 Å². The standard InChI is InChI=1S/C15H17N3/c1-10-4-6-13(7-5-10)18-8-14-11(2)16-12(3)17-15(14)9-18/h4-7H,2,8-9H2,1,3H3,(H,16,17). The number of anilines is 1. The number of rotatable bonds is 1. The molecule has 1 N–H and O–H groups in total. The van der Waals surface area contributed by atoms with Gasteiger partial charge in [0, 0.05) is 23.5 Å². The molecule has 3 rings (SSSR count). The summed E-state index contributed by atoms with van der Waals surface area (Å²) in [5.41, 5.74) is 5.91. The molecule has 0 bridgehead atoms. The Bertz CT molecular complexity index is 564. The summed E-state index contributed by atoms with van der Waals surface area (Å²) in [5.74, 6) is 0.935. The Morgan fingerprint density at radius 2 is 1.89 bits per heavy atom. The van der Waals surface area contributed by atoms with Gasteiger partial charge in [0.05, 0.1) is 12.2 Å². The number of aliphatic imine (C=N–C) groups is 1. The zero-order valence-electron chi connectivity index (χ0n) is 10.8. The smallest absolute Gasteiger partial charge is 0.103 e. The second kappa shape index (κ2) is 4.02. The van der Waals surface area contributed by atoms with Gasteiger partial charge in [0.15, 0.2) is 0 Å². The monoisotopic (exact) mass is 239 g/mol. The zero-order chi connectivity index (χ0) is 12.7. The minimum atomic E-state index is 0.871. The Labute approximate surface area is 108 Å². The molecular weight excluding hydrogens is 222 g/mol. The van der Waals surface area contributed by atoms with Gasteiger partial charge in [0.1, 0.15) is 5.84 Å². The van der Waals surface area contributed by atoms with Crippen molar-refractivity contribution in [3.8, 4) is 0 Å². The average molecular weight is 239 g/mol. The second-order valence-electron chi connectivity index (χ2n) is 4.92. The Hall–Kier alpha value is -2.03. The lowest BCUT2D eigenvalue weighted by Crippen LogP contribution is -2.25. The molecule has 2 aliphatic heterocycles. The van der Waals surface area contributed by atoms with Crippen molar-refractivity contribution in [2.45, 2.75) is 13.8 Å². The summed E-state index contributed by atoms with van der Waals surface area (Å²) in [5, 5.41) is 3.20. The van der Waals surface area contributed by atoms with Gasteiger partial charge in [0.25, 0.3) is 0 Å². The number of aryl methyl sites for hydroxylation is 1. The number of hydrogen-bond acceptors (Lipinski definition) is 3. The van der Waals surface area contributed by atoms with Crippen LogP contribution in [-0.2, 0) is 0 Å². The van der Waals surface area contributed by atoms with Crippen LogP contribution in [0.2, 0.25) is 0 Å². The molecule has 1 aromatic carbocycles. The fraction of sp³-hybridized carbons (Fsp3) is 0.267. The maximum Gasteiger partial charge on any atom is 0.103 e. The molecule has 2 aliphatic rings. The summed E-state index contributed by atoms with van der Waals surface area (Å²) in [6, 6.07) is 8.63. The Balaban J connectivity index is 1.86. The van der Waals surface area contributed by atoms with Gasteiger partial charge in [0.2, 0.25) is 0 Å². The minimum Gasteiger partial charge on any atom is -0.361 e. The fourth-order valence-corrected chi connectivity index (χ4v) is 2.45. The normalized spacial score (nSPS) is 18.7. The summed E-state index contributed by atoms with van der Waals surface area (Å²) in [6.07, 6.45) is 0. The highest BCUT2D eigenvalue weighted by molar-refractivity contribution is 5.85. The third-order valence-corrected chi connectivity index (χ3v) is 3.44. The van der Waals surface area contributed by atoms with Crippen molar-refractivity contribution in [2.75, 3.05) is 18.0 Å². The first-order valence-corrected chi connectivity index (χ1v) is 6.19. The molecule has 0 saturated heterocycles. The Morgan fingerprint density at radius 3 is 2.61 bits per heavy atom. The van der Waals surface area contributed by atoms with Crippen molar-refractivity contribution in [3.63, 3.8) is 0 Å². The molecule has 0 fully saturated rings.